The van der Waals surface area contributed by atoms with E-state index in [4.69, 9.17) is 0 Å². The summed E-state index contributed by atoms with van der Waals surface area (Å²) < 4.78 is 0. The highest BCUT2D eigenvalue weighted by Gasteiger charge is 2.28. The first kappa shape index (κ1) is 12.8. The van der Waals surface area contributed by atoms with Crippen molar-refractivity contribution in [1.29, 1.82) is 0 Å². The number of hydrogen-bond donors (Lipinski definition) is 1. The summed E-state index contributed by atoms with van der Waals surface area (Å²) in [5.41, 5.74) is 0.778. The van der Waals surface area contributed by atoms with Crippen molar-refractivity contribution < 1.29 is 9.90 Å². The lowest BCUT2D eigenvalue weighted by Crippen LogP contribution is -2.29. The van der Waals surface area contributed by atoms with E-state index in [1.165, 1.54) is 11.3 Å². The van der Waals surface area contributed by atoms with Gasteiger partial charge in [0, 0.05) is 13.1 Å². The second-order valence-electron chi connectivity index (χ2n) is 4.60. The summed E-state index contributed by atoms with van der Waals surface area (Å²) in [5, 5.41) is 12.4. The van der Waals surface area contributed by atoms with Crippen LogP contribution in [0.1, 0.15) is 21.8 Å². The van der Waals surface area contributed by atoms with Crippen molar-refractivity contribution in [2.75, 3.05) is 13.1 Å². The third-order valence-corrected chi connectivity index (χ3v) is 5.36. The molecule has 19 heavy (non-hydrogen) atoms. The molecule has 0 spiro atoms. The van der Waals surface area contributed by atoms with Gasteiger partial charge in [-0.2, -0.15) is 0 Å². The SMILES string of the molecule is Cc1nc(-c2cccs2)sc1C(=O)N1CCC(O)C1. The molecule has 0 bridgehead atoms. The number of thiazole rings is 1. The molecule has 1 saturated heterocycles. The maximum Gasteiger partial charge on any atom is 0.265 e. The Morgan fingerprint density at radius 1 is 1.58 bits per heavy atom. The number of carbonyl (C=O) groups excluding carboxylic acids is 1. The molecular formula is C13H14N2O2S2. The van der Waals surface area contributed by atoms with Crippen molar-refractivity contribution in [3.8, 4) is 9.88 Å². The van der Waals surface area contributed by atoms with Crippen LogP contribution in [0.3, 0.4) is 0 Å². The number of aromatic nitrogens is 1. The molecule has 0 radical (unpaired) electrons. The van der Waals surface area contributed by atoms with E-state index in [-0.39, 0.29) is 12.0 Å². The van der Waals surface area contributed by atoms with Gasteiger partial charge in [0.1, 0.15) is 9.88 Å². The predicted molar refractivity (Wildman–Crippen MR) is 76.7 cm³/mol. The highest BCUT2D eigenvalue weighted by atomic mass is 32.1. The average Bonchev–Trinajstić information content (AvgIpc) is 3.07. The summed E-state index contributed by atoms with van der Waals surface area (Å²) in [6.45, 7) is 2.93. The summed E-state index contributed by atoms with van der Waals surface area (Å²) >= 11 is 3.07. The molecule has 4 nitrogen and oxygen atoms in total. The summed E-state index contributed by atoms with van der Waals surface area (Å²) in [5.74, 6) is -0.00523. The standard InChI is InChI=1S/C13H14N2O2S2/c1-8-11(13(17)15-5-4-9(16)7-15)19-12(14-8)10-3-2-6-18-10/h2-3,6,9,16H,4-5,7H2,1H3. The summed E-state index contributed by atoms with van der Waals surface area (Å²) in [6, 6.07) is 3.99. The molecule has 1 atom stereocenters. The van der Waals surface area contributed by atoms with Crippen LogP contribution in [0.5, 0.6) is 0 Å². The maximum absolute atomic E-state index is 12.4. The molecule has 0 aromatic carbocycles. The van der Waals surface area contributed by atoms with Crippen LogP contribution in [-0.4, -0.2) is 40.1 Å². The minimum Gasteiger partial charge on any atom is -0.391 e. The third kappa shape index (κ3) is 2.43. The Morgan fingerprint density at radius 3 is 3.05 bits per heavy atom. The number of aryl methyl sites for hydroxylation is 1. The van der Waals surface area contributed by atoms with Crippen molar-refractivity contribution in [1.82, 2.24) is 9.88 Å². The van der Waals surface area contributed by atoms with Crippen molar-refractivity contribution >= 4 is 28.6 Å². The van der Waals surface area contributed by atoms with Crippen molar-refractivity contribution in [3.05, 3.63) is 28.1 Å². The van der Waals surface area contributed by atoms with Gasteiger partial charge in [-0.05, 0) is 24.8 Å². The van der Waals surface area contributed by atoms with Crippen LogP contribution < -0.4 is 0 Å². The van der Waals surface area contributed by atoms with Gasteiger partial charge in [-0.1, -0.05) is 6.07 Å². The molecule has 1 fully saturated rings. The minimum absolute atomic E-state index is 0.00523. The zero-order chi connectivity index (χ0) is 13.4. The van der Waals surface area contributed by atoms with E-state index in [0.717, 1.165) is 15.6 Å². The predicted octanol–water partition coefficient (Wildman–Crippen LogP) is 2.39. The molecule has 1 aliphatic rings. The molecule has 6 heteroatoms. The lowest BCUT2D eigenvalue weighted by molar-refractivity contribution is 0.0769. The Morgan fingerprint density at radius 2 is 2.42 bits per heavy atom. The van der Waals surface area contributed by atoms with Crippen LogP contribution in [0.15, 0.2) is 17.5 Å². The molecule has 2 aromatic rings. The van der Waals surface area contributed by atoms with Gasteiger partial charge in [-0.25, -0.2) is 4.98 Å². The molecule has 1 unspecified atom stereocenters. The molecule has 3 heterocycles. The van der Waals surface area contributed by atoms with E-state index in [2.05, 4.69) is 4.98 Å². The molecular weight excluding hydrogens is 280 g/mol. The molecule has 2 aromatic heterocycles. The van der Waals surface area contributed by atoms with Crippen LogP contribution in [-0.2, 0) is 0 Å². The first-order chi connectivity index (χ1) is 9.15. The zero-order valence-corrected chi connectivity index (χ0v) is 12.1. The molecule has 3 rings (SSSR count). The van der Waals surface area contributed by atoms with E-state index in [9.17, 15) is 9.90 Å². The zero-order valence-electron chi connectivity index (χ0n) is 10.5. The number of aliphatic hydroxyl groups excluding tert-OH is 1. The second kappa shape index (κ2) is 5.03. The summed E-state index contributed by atoms with van der Waals surface area (Å²) in [7, 11) is 0. The number of likely N-dealkylation sites (tertiary alicyclic amines) is 1. The highest BCUT2D eigenvalue weighted by Crippen LogP contribution is 2.32. The lowest BCUT2D eigenvalue weighted by atomic mass is 10.3. The van der Waals surface area contributed by atoms with Gasteiger partial charge in [-0.15, -0.1) is 22.7 Å². The van der Waals surface area contributed by atoms with Gasteiger partial charge in [-0.3, -0.25) is 4.79 Å². The van der Waals surface area contributed by atoms with Crippen molar-refractivity contribution in [2.24, 2.45) is 0 Å². The number of carbonyl (C=O) groups is 1. The topological polar surface area (TPSA) is 53.4 Å². The Kier molecular flexibility index (Phi) is 3.38. The highest BCUT2D eigenvalue weighted by molar-refractivity contribution is 7.22. The van der Waals surface area contributed by atoms with Crippen LogP contribution in [0.2, 0.25) is 0 Å². The monoisotopic (exact) mass is 294 g/mol. The first-order valence-electron chi connectivity index (χ1n) is 6.14. The Bertz CT molecular complexity index is 592. The van der Waals surface area contributed by atoms with E-state index < -0.39 is 0 Å². The fourth-order valence-corrected chi connectivity index (χ4v) is 4.00. The average molecular weight is 294 g/mol. The molecule has 1 N–H and O–H groups in total. The van der Waals surface area contributed by atoms with Crippen molar-refractivity contribution in [3.63, 3.8) is 0 Å². The number of nitrogens with zero attached hydrogens (tertiary/aromatic N) is 2. The molecule has 1 amide bonds. The van der Waals surface area contributed by atoms with Gasteiger partial charge in [0.2, 0.25) is 0 Å². The minimum atomic E-state index is -0.381. The number of thiophene rings is 1. The Hall–Kier alpha value is -1.24. The molecule has 1 aliphatic heterocycles. The van der Waals surface area contributed by atoms with Gasteiger partial charge in [0.05, 0.1) is 16.7 Å². The summed E-state index contributed by atoms with van der Waals surface area (Å²) in [4.78, 5) is 20.4. The number of amides is 1. The number of rotatable bonds is 2. The van der Waals surface area contributed by atoms with Gasteiger partial charge in [0.15, 0.2) is 0 Å². The Balaban J connectivity index is 1.87. The number of aliphatic hydroxyl groups is 1. The van der Waals surface area contributed by atoms with Crippen LogP contribution in [0.25, 0.3) is 9.88 Å². The molecule has 0 saturated carbocycles. The summed E-state index contributed by atoms with van der Waals surface area (Å²) in [6.07, 6.45) is 0.287. The van der Waals surface area contributed by atoms with Crippen LogP contribution >= 0.6 is 22.7 Å². The van der Waals surface area contributed by atoms with Crippen LogP contribution in [0, 0.1) is 6.92 Å². The lowest BCUT2D eigenvalue weighted by Gasteiger charge is -2.14. The Labute approximate surface area is 119 Å². The van der Waals surface area contributed by atoms with E-state index in [0.29, 0.717) is 24.4 Å². The van der Waals surface area contributed by atoms with Gasteiger partial charge < -0.3 is 10.0 Å². The fourth-order valence-electron chi connectivity index (χ4n) is 2.17. The number of hydrogen-bond acceptors (Lipinski definition) is 5. The third-order valence-electron chi connectivity index (χ3n) is 3.17. The molecule has 100 valence electrons. The normalized spacial score (nSPS) is 19.1. The largest absolute Gasteiger partial charge is 0.391 e. The number of β-amino-alcohol motifs (C(OH)–C–C–N with tert-alkyl or cyclic N) is 1. The van der Waals surface area contributed by atoms with Crippen LogP contribution in [0.4, 0.5) is 0 Å². The fraction of sp³-hybridized carbons (Fsp3) is 0.385. The smallest absolute Gasteiger partial charge is 0.265 e. The van der Waals surface area contributed by atoms with Gasteiger partial charge >= 0.3 is 0 Å². The second-order valence-corrected chi connectivity index (χ2v) is 6.55. The van der Waals surface area contributed by atoms with E-state index in [1.807, 2.05) is 24.4 Å². The molecule has 0 aliphatic carbocycles. The van der Waals surface area contributed by atoms with Crippen molar-refractivity contribution in [2.45, 2.75) is 19.4 Å². The first-order valence-corrected chi connectivity index (χ1v) is 7.83. The maximum atomic E-state index is 12.4. The van der Waals surface area contributed by atoms with E-state index in [1.54, 1.807) is 16.2 Å². The van der Waals surface area contributed by atoms with E-state index >= 15 is 0 Å². The quantitative estimate of drug-likeness (QED) is 0.925. The van der Waals surface area contributed by atoms with Gasteiger partial charge in [0.25, 0.3) is 5.91 Å².